The van der Waals surface area contributed by atoms with Crippen LogP contribution in [0.4, 0.5) is 14.5 Å². The number of carbonyl (C=O) groups is 2. The number of nitrogens with two attached hydrogens (primary N) is 1. The Kier molecular flexibility index (Phi) is 8.76. The fourth-order valence-electron chi connectivity index (χ4n) is 2.69. The lowest BCUT2D eigenvalue weighted by molar-refractivity contribution is -0.128. The molecule has 1 atom stereocenters. The molecule has 0 aromatic heterocycles. The topological polar surface area (TPSA) is 105 Å². The van der Waals surface area contributed by atoms with Crippen LogP contribution in [0.1, 0.15) is 31.9 Å². The predicted octanol–water partition coefficient (Wildman–Crippen LogP) is 3.56. The van der Waals surface area contributed by atoms with Gasteiger partial charge in [-0.05, 0) is 68.6 Å². The quantitative estimate of drug-likeness (QED) is 0.424. The van der Waals surface area contributed by atoms with E-state index in [0.29, 0.717) is 18.8 Å². The van der Waals surface area contributed by atoms with Crippen molar-refractivity contribution in [1.29, 1.82) is 0 Å². The lowest BCUT2D eigenvalue weighted by Crippen LogP contribution is -2.40. The van der Waals surface area contributed by atoms with E-state index in [9.17, 15) is 23.5 Å². The van der Waals surface area contributed by atoms with Crippen LogP contribution in [0.2, 0.25) is 0 Å². The molecule has 0 saturated heterocycles. The van der Waals surface area contributed by atoms with Crippen LogP contribution in [-0.2, 0) is 19.9 Å². The summed E-state index contributed by atoms with van der Waals surface area (Å²) in [5.74, 6) is -2.30. The Hall–Kier alpha value is -2.95. The number of ether oxygens (including phenoxy) is 1. The predicted molar refractivity (Wildman–Crippen MR) is 120 cm³/mol. The number of amides is 1. The Morgan fingerprint density at radius 2 is 1.88 bits per heavy atom. The molecule has 7 nitrogen and oxygen atoms in total. The van der Waals surface area contributed by atoms with Gasteiger partial charge >= 0.3 is 0 Å². The molecule has 172 valence electrons. The summed E-state index contributed by atoms with van der Waals surface area (Å²) >= 11 is 0.977. The third-order valence-electron chi connectivity index (χ3n) is 4.29. The maximum Gasteiger partial charge on any atom is 0.293 e. The molecular formula is C22H25F2N3O4S. The summed E-state index contributed by atoms with van der Waals surface area (Å²) in [6, 6.07) is 10.3. The smallest absolute Gasteiger partial charge is 0.293 e. The zero-order valence-corrected chi connectivity index (χ0v) is 18.7. The largest absolute Gasteiger partial charge is 0.468 e. The second-order valence-corrected chi connectivity index (χ2v) is 8.21. The first-order valence-corrected chi connectivity index (χ1v) is 10.4. The number of benzene rings is 2. The zero-order chi connectivity index (χ0) is 23.9. The van der Waals surface area contributed by atoms with Gasteiger partial charge < -0.3 is 21.0 Å². The monoisotopic (exact) mass is 465 g/mol. The van der Waals surface area contributed by atoms with Crippen LogP contribution in [0.25, 0.3) is 4.91 Å². The first-order valence-electron chi connectivity index (χ1n) is 9.66. The minimum atomic E-state index is -1.38. The van der Waals surface area contributed by atoms with Gasteiger partial charge in [0.1, 0.15) is 17.7 Å². The molecule has 4 N–H and O–H groups in total. The molecule has 0 fully saturated rings. The maximum absolute atomic E-state index is 14.6. The zero-order valence-electron chi connectivity index (χ0n) is 17.8. The van der Waals surface area contributed by atoms with E-state index in [1.54, 1.807) is 19.1 Å². The fraction of sp³-hybridized carbons (Fsp3) is 0.273. The second kappa shape index (κ2) is 11.1. The highest BCUT2D eigenvalue weighted by Crippen LogP contribution is 2.41. The van der Waals surface area contributed by atoms with E-state index in [1.165, 1.54) is 24.3 Å². The van der Waals surface area contributed by atoms with Gasteiger partial charge in [0.25, 0.3) is 6.47 Å². The summed E-state index contributed by atoms with van der Waals surface area (Å²) in [6.45, 7) is 5.55. The Balaban J connectivity index is 0.000000654. The summed E-state index contributed by atoms with van der Waals surface area (Å²) in [6.07, 6.45) is 1.41. The van der Waals surface area contributed by atoms with Gasteiger partial charge in [-0.1, -0.05) is 18.2 Å². The Labute approximate surface area is 189 Å². The number of hydrogen-bond donors (Lipinski definition) is 3. The molecule has 0 spiro atoms. The minimum Gasteiger partial charge on any atom is -0.468 e. The molecule has 1 amide bonds. The summed E-state index contributed by atoms with van der Waals surface area (Å²) in [5.41, 5.74) is 7.62. The first kappa shape index (κ1) is 25.3. The van der Waals surface area contributed by atoms with E-state index < -0.39 is 29.2 Å². The lowest BCUT2D eigenvalue weighted by Gasteiger charge is -2.22. The van der Waals surface area contributed by atoms with Crippen molar-refractivity contribution in [1.82, 2.24) is 4.41 Å². The number of hydrazine groups is 1. The highest BCUT2D eigenvalue weighted by molar-refractivity contribution is 8.06. The third kappa shape index (κ3) is 6.52. The molecule has 3 rings (SSSR count). The number of carbonyl (C=O) groups excluding carboxylic acids is 2. The van der Waals surface area contributed by atoms with Crippen LogP contribution < -0.4 is 11.2 Å². The Morgan fingerprint density at radius 1 is 1.28 bits per heavy atom. The van der Waals surface area contributed by atoms with Crippen LogP contribution in [0.5, 0.6) is 0 Å². The molecule has 2 aromatic carbocycles. The van der Waals surface area contributed by atoms with E-state index >= 15 is 0 Å². The number of halogens is 2. The van der Waals surface area contributed by atoms with Crippen LogP contribution in [0.3, 0.4) is 0 Å². The van der Waals surface area contributed by atoms with Gasteiger partial charge in [0.15, 0.2) is 0 Å². The average Bonchev–Trinajstić information content (AvgIpc) is 3.12. The molecule has 1 unspecified atom stereocenters. The van der Waals surface area contributed by atoms with Crippen molar-refractivity contribution in [3.8, 4) is 0 Å². The molecule has 0 bridgehead atoms. The van der Waals surface area contributed by atoms with E-state index in [2.05, 4.69) is 10.2 Å². The maximum atomic E-state index is 14.6. The summed E-state index contributed by atoms with van der Waals surface area (Å²) in [4.78, 5) is 21.2. The second-order valence-electron chi connectivity index (χ2n) is 7.20. The molecular weight excluding hydrogens is 440 g/mol. The molecule has 1 heterocycles. The van der Waals surface area contributed by atoms with Gasteiger partial charge in [-0.2, -0.15) is 0 Å². The number of nitrogens with one attached hydrogen (secondary N) is 1. The first-order chi connectivity index (χ1) is 15.1. The van der Waals surface area contributed by atoms with Gasteiger partial charge in [-0.3, -0.25) is 9.59 Å². The summed E-state index contributed by atoms with van der Waals surface area (Å²) in [5, 5.41) is 9.98. The number of aliphatic hydroxyl groups is 1. The molecule has 1 aliphatic heterocycles. The van der Waals surface area contributed by atoms with Crippen molar-refractivity contribution in [2.45, 2.75) is 32.4 Å². The van der Waals surface area contributed by atoms with Crippen molar-refractivity contribution in [2.24, 2.45) is 5.73 Å². The van der Waals surface area contributed by atoms with Crippen LogP contribution in [0.15, 0.2) is 48.5 Å². The van der Waals surface area contributed by atoms with Gasteiger partial charge in [0, 0.05) is 10.6 Å². The van der Waals surface area contributed by atoms with Gasteiger partial charge in [-0.25, -0.2) is 8.78 Å². The number of hydrogen-bond acceptors (Lipinski definition) is 7. The van der Waals surface area contributed by atoms with E-state index in [-0.39, 0.29) is 16.0 Å². The van der Waals surface area contributed by atoms with Crippen LogP contribution in [-0.4, -0.2) is 34.5 Å². The Morgan fingerprint density at radius 3 is 2.31 bits per heavy atom. The number of para-hydroxylation sites is 1. The van der Waals surface area contributed by atoms with E-state index in [4.69, 9.17) is 5.73 Å². The minimum absolute atomic E-state index is 0.121. The van der Waals surface area contributed by atoms with Crippen molar-refractivity contribution < 1.29 is 28.2 Å². The van der Waals surface area contributed by atoms with Crippen LogP contribution in [0, 0.1) is 11.6 Å². The highest BCUT2D eigenvalue weighted by Gasteiger charge is 2.34. The lowest BCUT2D eigenvalue weighted by atomic mass is 9.96. The Bertz CT molecular complexity index is 958. The van der Waals surface area contributed by atoms with Crippen LogP contribution >= 0.6 is 11.9 Å². The van der Waals surface area contributed by atoms with Crippen molar-refractivity contribution in [3.63, 3.8) is 0 Å². The summed E-state index contributed by atoms with van der Waals surface area (Å²) < 4.78 is 34.8. The molecule has 1 aliphatic rings. The van der Waals surface area contributed by atoms with Gasteiger partial charge in [0.05, 0.1) is 17.8 Å². The van der Waals surface area contributed by atoms with Crippen molar-refractivity contribution >= 4 is 34.9 Å². The van der Waals surface area contributed by atoms with Gasteiger partial charge in [0.2, 0.25) is 5.91 Å². The number of anilines is 1. The van der Waals surface area contributed by atoms with E-state index in [1.807, 2.05) is 18.2 Å². The van der Waals surface area contributed by atoms with Crippen molar-refractivity contribution in [3.05, 3.63) is 71.3 Å². The molecule has 0 aliphatic carbocycles. The van der Waals surface area contributed by atoms with Crippen molar-refractivity contribution in [2.75, 3.05) is 12.0 Å². The molecule has 0 radical (unpaired) electrons. The number of primary amides is 1. The molecule has 10 heteroatoms. The standard InChI is InChI=1S/C19H19F2N3O2S.C3H6O2/c1-19(2,26)11-8-13(20)17(14(21)9-11)16-10-15(18(22)25)24(27-16)23-12-6-4-3-5-7-12;1-2-5-3-4/h3-10,15,23,26H,1-2H3,(H2,22,25);3H,2H2,1H3. The molecule has 0 saturated carbocycles. The average molecular weight is 466 g/mol. The molecule has 32 heavy (non-hydrogen) atoms. The SMILES string of the molecule is CC(C)(O)c1cc(F)c(C2=CC(C(N)=O)N(Nc3ccccc3)S2)c(F)c1.CCOC=O. The van der Waals surface area contributed by atoms with Gasteiger partial charge in [-0.15, -0.1) is 4.41 Å². The fourth-order valence-corrected chi connectivity index (χ4v) is 3.81. The number of nitrogens with zero attached hydrogens (tertiary/aromatic N) is 1. The normalized spacial score (nSPS) is 15.9. The highest BCUT2D eigenvalue weighted by atomic mass is 32.2. The third-order valence-corrected chi connectivity index (χ3v) is 5.34. The summed E-state index contributed by atoms with van der Waals surface area (Å²) in [7, 11) is 0. The number of rotatable bonds is 7. The van der Waals surface area contributed by atoms with E-state index in [0.717, 1.165) is 24.1 Å². The molecule has 2 aromatic rings.